The SMILES string of the molecule is OCC[S+]1CC1.[Ag]. The molecule has 0 aromatic heterocycles. The van der Waals surface area contributed by atoms with Gasteiger partial charge in [0.15, 0.2) is 11.5 Å². The second-order valence-corrected chi connectivity index (χ2v) is 3.90. The molecule has 0 aromatic rings. The number of hydrogen-bond acceptors (Lipinski definition) is 1. The average molecular weight is 213 g/mol. The summed E-state index contributed by atoms with van der Waals surface area (Å²) >= 11 is 0. The zero-order valence-electron chi connectivity index (χ0n) is 3.99. The van der Waals surface area contributed by atoms with Gasteiger partial charge in [0, 0.05) is 22.4 Å². The predicted molar refractivity (Wildman–Crippen MR) is 29.1 cm³/mol. The molecule has 1 saturated heterocycles. The van der Waals surface area contributed by atoms with Crippen LogP contribution >= 0.6 is 0 Å². The maximum atomic E-state index is 8.28. The van der Waals surface area contributed by atoms with Gasteiger partial charge >= 0.3 is 0 Å². The largest absolute Gasteiger partial charge is 0.391 e. The van der Waals surface area contributed by atoms with Gasteiger partial charge in [-0.2, -0.15) is 0 Å². The Bertz CT molecular complexity index is 47.0. The zero-order chi connectivity index (χ0) is 4.41. The standard InChI is InChI=1S/C4H9OS.Ag/c5-1-2-6-3-4-6;/h5H,1-4H2;/q+1;. The van der Waals surface area contributed by atoms with Gasteiger partial charge in [-0.1, -0.05) is 0 Å². The molecule has 0 amide bonds. The molecule has 0 saturated carbocycles. The van der Waals surface area contributed by atoms with Crippen molar-refractivity contribution in [3.8, 4) is 0 Å². The van der Waals surface area contributed by atoms with E-state index in [0.29, 0.717) is 17.5 Å². The van der Waals surface area contributed by atoms with Crippen molar-refractivity contribution in [1.29, 1.82) is 0 Å². The fourth-order valence-electron chi connectivity index (χ4n) is 0.392. The summed E-state index contributed by atoms with van der Waals surface area (Å²) < 4.78 is 0. The number of hydrogen-bond donors (Lipinski definition) is 1. The molecule has 7 heavy (non-hydrogen) atoms. The third kappa shape index (κ3) is 3.62. The summed E-state index contributed by atoms with van der Waals surface area (Å²) in [4.78, 5) is 0. The van der Waals surface area contributed by atoms with Crippen molar-refractivity contribution in [2.24, 2.45) is 0 Å². The maximum Gasteiger partial charge on any atom is 0.152 e. The molecule has 1 nitrogen and oxygen atoms in total. The molecule has 0 bridgehead atoms. The van der Waals surface area contributed by atoms with Crippen LogP contribution in [-0.2, 0) is 33.3 Å². The fourth-order valence-corrected chi connectivity index (χ4v) is 1.53. The maximum absolute atomic E-state index is 8.28. The van der Waals surface area contributed by atoms with E-state index in [1.165, 1.54) is 11.5 Å². The predicted octanol–water partition coefficient (Wildman–Crippen LogP) is -0.392. The Hall–Kier alpha value is 1.05. The van der Waals surface area contributed by atoms with Crippen LogP contribution in [0.15, 0.2) is 0 Å². The Morgan fingerprint density at radius 1 is 1.43 bits per heavy atom. The van der Waals surface area contributed by atoms with E-state index in [-0.39, 0.29) is 22.4 Å². The summed E-state index contributed by atoms with van der Waals surface area (Å²) in [6.45, 7) is 0.406. The Morgan fingerprint density at radius 2 is 2.00 bits per heavy atom. The second kappa shape index (κ2) is 3.98. The summed E-state index contributed by atoms with van der Waals surface area (Å²) in [5.74, 6) is 3.85. The first kappa shape index (κ1) is 8.05. The van der Waals surface area contributed by atoms with Crippen LogP contribution in [0, 0.1) is 0 Å². The molecule has 0 aliphatic carbocycles. The first-order valence-electron chi connectivity index (χ1n) is 2.18. The Labute approximate surface area is 62.3 Å². The minimum Gasteiger partial charge on any atom is -0.391 e. The smallest absolute Gasteiger partial charge is 0.152 e. The molecule has 1 N–H and O–H groups in total. The quantitative estimate of drug-likeness (QED) is 0.376. The molecular weight excluding hydrogens is 204 g/mol. The number of aliphatic hydroxyl groups excluding tert-OH is 1. The van der Waals surface area contributed by atoms with Crippen LogP contribution in [0.5, 0.6) is 0 Å². The number of aliphatic hydroxyl groups is 1. The summed E-state index contributed by atoms with van der Waals surface area (Å²) in [5.41, 5.74) is 0. The minimum absolute atomic E-state index is 0. The van der Waals surface area contributed by atoms with Gasteiger partial charge in [-0.25, -0.2) is 0 Å². The van der Waals surface area contributed by atoms with Crippen LogP contribution < -0.4 is 0 Å². The summed E-state index contributed by atoms with van der Waals surface area (Å²) in [6.07, 6.45) is 0. The molecule has 0 spiro atoms. The van der Waals surface area contributed by atoms with Crippen molar-refractivity contribution in [3.05, 3.63) is 0 Å². The molecule has 1 fully saturated rings. The van der Waals surface area contributed by atoms with Crippen LogP contribution in [0.1, 0.15) is 0 Å². The van der Waals surface area contributed by atoms with Gasteiger partial charge in [-0.3, -0.25) is 0 Å². The first-order chi connectivity index (χ1) is 2.93. The van der Waals surface area contributed by atoms with E-state index in [4.69, 9.17) is 5.11 Å². The first-order valence-corrected chi connectivity index (χ1v) is 3.91. The molecule has 1 aliphatic heterocycles. The summed E-state index contributed by atoms with van der Waals surface area (Å²) in [7, 11) is 0.684. The Balaban J connectivity index is 0.000000360. The number of rotatable bonds is 2. The summed E-state index contributed by atoms with van der Waals surface area (Å²) in [5, 5.41) is 8.28. The van der Waals surface area contributed by atoms with Gasteiger partial charge in [0.25, 0.3) is 0 Å². The molecule has 1 aliphatic rings. The molecule has 47 valence electrons. The van der Waals surface area contributed by atoms with E-state index in [2.05, 4.69) is 0 Å². The van der Waals surface area contributed by atoms with E-state index in [0.717, 1.165) is 5.75 Å². The second-order valence-electron chi connectivity index (χ2n) is 1.45. The van der Waals surface area contributed by atoms with E-state index in [9.17, 15) is 0 Å². The van der Waals surface area contributed by atoms with E-state index in [1.807, 2.05) is 0 Å². The third-order valence-corrected chi connectivity index (χ3v) is 2.62. The van der Waals surface area contributed by atoms with Gasteiger partial charge in [-0.05, 0) is 10.9 Å². The van der Waals surface area contributed by atoms with Gasteiger partial charge in [0.05, 0.1) is 6.61 Å². The Morgan fingerprint density at radius 3 is 2.14 bits per heavy atom. The molecular formula is C4H9AgOS+. The fraction of sp³-hybridized carbons (Fsp3) is 1.00. The van der Waals surface area contributed by atoms with Crippen molar-refractivity contribution in [2.75, 3.05) is 23.9 Å². The molecule has 0 aromatic carbocycles. The third-order valence-electron chi connectivity index (χ3n) is 0.873. The topological polar surface area (TPSA) is 20.2 Å². The van der Waals surface area contributed by atoms with Crippen molar-refractivity contribution in [3.63, 3.8) is 0 Å². The van der Waals surface area contributed by atoms with Crippen molar-refractivity contribution in [2.45, 2.75) is 0 Å². The Kier molecular flexibility index (Phi) is 4.58. The van der Waals surface area contributed by atoms with Crippen molar-refractivity contribution < 1.29 is 27.5 Å². The van der Waals surface area contributed by atoms with E-state index in [1.54, 1.807) is 0 Å². The van der Waals surface area contributed by atoms with Gasteiger partial charge in [0.1, 0.15) is 5.75 Å². The van der Waals surface area contributed by atoms with Crippen LogP contribution in [0.2, 0.25) is 0 Å². The minimum atomic E-state index is 0. The van der Waals surface area contributed by atoms with Gasteiger partial charge in [-0.15, -0.1) is 0 Å². The zero-order valence-corrected chi connectivity index (χ0v) is 6.28. The average Bonchev–Trinajstić information content (AvgIpc) is 2.21. The normalized spacial score (nSPS) is 18.4. The molecule has 1 heterocycles. The van der Waals surface area contributed by atoms with Crippen LogP contribution in [0.25, 0.3) is 0 Å². The van der Waals surface area contributed by atoms with E-state index >= 15 is 0 Å². The van der Waals surface area contributed by atoms with Crippen LogP contribution in [0.3, 0.4) is 0 Å². The molecule has 3 heteroatoms. The monoisotopic (exact) mass is 212 g/mol. The van der Waals surface area contributed by atoms with E-state index < -0.39 is 0 Å². The van der Waals surface area contributed by atoms with Crippen molar-refractivity contribution >= 4 is 10.9 Å². The molecule has 1 rings (SSSR count). The van der Waals surface area contributed by atoms with Crippen LogP contribution in [-0.4, -0.2) is 29.0 Å². The summed E-state index contributed by atoms with van der Waals surface area (Å²) in [6, 6.07) is 0. The molecule has 0 atom stereocenters. The molecule has 1 radical (unpaired) electrons. The molecule has 0 unspecified atom stereocenters. The van der Waals surface area contributed by atoms with Gasteiger partial charge in [0.2, 0.25) is 0 Å². The van der Waals surface area contributed by atoms with Gasteiger partial charge < -0.3 is 5.11 Å². The van der Waals surface area contributed by atoms with Crippen molar-refractivity contribution in [1.82, 2.24) is 0 Å². The van der Waals surface area contributed by atoms with Crippen LogP contribution in [0.4, 0.5) is 0 Å².